The van der Waals surface area contributed by atoms with Gasteiger partial charge in [0.15, 0.2) is 0 Å². The van der Waals surface area contributed by atoms with Crippen LogP contribution in [0.15, 0.2) is 0 Å². The van der Waals surface area contributed by atoms with E-state index in [4.69, 9.17) is 0 Å². The molecule has 0 saturated carbocycles. The van der Waals surface area contributed by atoms with E-state index >= 15 is 0 Å². The Bertz CT molecular complexity index is 95.9. The molecule has 4 nitrogen and oxygen atoms in total. The normalized spacial score (nSPS) is 7.75. The van der Waals surface area contributed by atoms with Gasteiger partial charge in [-0.25, -0.2) is 9.59 Å². The third kappa shape index (κ3) is 1.79. The Morgan fingerprint density at radius 1 is 1.38 bits per heavy atom. The minimum Gasteiger partial charge on any atom is -0.461 e. The van der Waals surface area contributed by atoms with Gasteiger partial charge in [0.25, 0.3) is 0 Å². The molecule has 0 aromatic heterocycles. The van der Waals surface area contributed by atoms with Crippen molar-refractivity contribution in [3.63, 3.8) is 0 Å². The molecule has 0 amide bonds. The highest BCUT2D eigenvalue weighted by Gasteiger charge is 2.13. The van der Waals surface area contributed by atoms with Crippen LogP contribution in [0.3, 0.4) is 0 Å². The van der Waals surface area contributed by atoms with E-state index in [0.29, 0.717) is 0 Å². The third-order valence-corrected chi connectivity index (χ3v) is 0.562. The van der Waals surface area contributed by atoms with Gasteiger partial charge in [-0.15, -0.1) is 0 Å². The van der Waals surface area contributed by atoms with Gasteiger partial charge in [0, 0.05) is 0 Å². The second-order valence-electron chi connectivity index (χ2n) is 0.856. The van der Waals surface area contributed by atoms with Gasteiger partial charge in [-0.05, 0) is 0 Å². The molecule has 0 unspecified atom stereocenters. The molecule has 8 heavy (non-hydrogen) atoms. The summed E-state index contributed by atoms with van der Waals surface area (Å²) < 4.78 is 7.37. The minimum absolute atomic E-state index is 1.05. The zero-order chi connectivity index (χ0) is 6.57. The molecule has 0 rings (SSSR count). The van der Waals surface area contributed by atoms with E-state index in [1.54, 1.807) is 0 Å². The average Bonchev–Trinajstić information content (AvgIpc) is 1.84. The Morgan fingerprint density at radius 2 is 1.88 bits per heavy atom. The average molecular weight is 139 g/mol. The summed E-state index contributed by atoms with van der Waals surface area (Å²) in [6.45, 7) is 0. The first-order valence-corrected chi connectivity index (χ1v) is 1.94. The first-order chi connectivity index (χ1) is 3.72. The topological polar surface area (TPSA) is 52.6 Å². The number of carbonyl (C=O) groups excluding carboxylic acids is 2. The molecule has 0 aromatic carbocycles. The van der Waals surface area contributed by atoms with E-state index in [1.165, 1.54) is 0 Å². The van der Waals surface area contributed by atoms with Crippen LogP contribution in [0.2, 0.25) is 0 Å². The molecule has 5 heteroatoms. The highest BCUT2D eigenvalue weighted by molar-refractivity contribution is 6.35. The molecule has 0 spiro atoms. The smallest absolute Gasteiger partial charge is 0.435 e. The summed E-state index contributed by atoms with van der Waals surface area (Å²) in [4.78, 5) is 19.9. The summed E-state index contributed by atoms with van der Waals surface area (Å²) in [5, 5.41) is 0. The lowest BCUT2D eigenvalue weighted by Crippen LogP contribution is -2.14. The number of esters is 1. The maximum atomic E-state index is 9.96. The van der Waals surface area contributed by atoms with Crippen molar-refractivity contribution in [3.05, 3.63) is 0 Å². The molecule has 0 aliphatic rings. The highest BCUT2D eigenvalue weighted by atomic mass is 35.5. The van der Waals surface area contributed by atoms with Crippen LogP contribution in [0, 0.1) is 0 Å². The van der Waals surface area contributed by atoms with Crippen LogP contribution in [0.25, 0.3) is 0 Å². The fourth-order valence-electron chi connectivity index (χ4n) is 0.115. The second kappa shape index (κ2) is 3.26. The predicted octanol–water partition coefficient (Wildman–Crippen LogP) is -0.144. The molecule has 0 N–H and O–H groups in total. The van der Waals surface area contributed by atoms with Gasteiger partial charge in [-0.1, -0.05) is 0 Å². The molecular weight excluding hydrogens is 135 g/mol. The number of methoxy groups -OCH3 is 1. The zero-order valence-electron chi connectivity index (χ0n) is 4.01. The van der Waals surface area contributed by atoms with Crippen molar-refractivity contribution in [1.82, 2.24) is 0 Å². The first-order valence-electron chi connectivity index (χ1n) is 1.63. The number of hydrogen-bond acceptors (Lipinski definition) is 4. The number of ether oxygens (including phenoxy) is 1. The lowest BCUT2D eigenvalue weighted by atomic mass is 10.7. The monoisotopic (exact) mass is 138 g/mol. The Morgan fingerprint density at radius 3 is 2.00 bits per heavy atom. The van der Waals surface area contributed by atoms with Crippen LogP contribution in [0.5, 0.6) is 0 Å². The van der Waals surface area contributed by atoms with Crippen LogP contribution < -0.4 is 0 Å². The zero-order valence-corrected chi connectivity index (χ0v) is 4.77. The summed E-state index contributed by atoms with van der Waals surface area (Å²) in [6.07, 6.45) is 0. The van der Waals surface area contributed by atoms with Gasteiger partial charge >= 0.3 is 11.9 Å². The lowest BCUT2D eigenvalue weighted by Gasteiger charge is -1.89. The lowest BCUT2D eigenvalue weighted by molar-refractivity contribution is -0.160. The summed E-state index contributed by atoms with van der Waals surface area (Å²) in [5.74, 6) is -2.32. The number of carbonyl (C=O) groups is 2. The van der Waals surface area contributed by atoms with Crippen molar-refractivity contribution in [3.8, 4) is 0 Å². The van der Waals surface area contributed by atoms with Crippen molar-refractivity contribution in [2.75, 3.05) is 7.11 Å². The van der Waals surface area contributed by atoms with Crippen LogP contribution in [-0.2, 0) is 18.6 Å². The molecule has 0 saturated heterocycles. The second-order valence-corrected chi connectivity index (χ2v) is 1.01. The molecule has 46 valence electrons. The standard InChI is InChI=1S/C3H3ClO4/c1-7-2(5)3(6)8-4/h1H3. The Balaban J connectivity index is 3.64. The fourth-order valence-corrected chi connectivity index (χ4v) is 0.178. The summed E-state index contributed by atoms with van der Waals surface area (Å²) >= 11 is 4.48. The minimum atomic E-state index is -1.21. The highest BCUT2D eigenvalue weighted by Crippen LogP contribution is 1.83. The van der Waals surface area contributed by atoms with Crippen LogP contribution >= 0.6 is 11.9 Å². The van der Waals surface area contributed by atoms with Gasteiger partial charge in [0.05, 0.1) is 7.11 Å². The van der Waals surface area contributed by atoms with E-state index in [1.807, 2.05) is 0 Å². The molecule has 0 radical (unpaired) electrons. The first kappa shape index (κ1) is 7.23. The predicted molar refractivity (Wildman–Crippen MR) is 24.0 cm³/mol. The maximum Gasteiger partial charge on any atom is 0.435 e. The molecule has 0 fully saturated rings. The van der Waals surface area contributed by atoms with Crippen molar-refractivity contribution >= 4 is 23.8 Å². The van der Waals surface area contributed by atoms with Crippen LogP contribution in [0.1, 0.15) is 0 Å². The van der Waals surface area contributed by atoms with Gasteiger partial charge in [-0.2, -0.15) is 0 Å². The molecule has 0 heterocycles. The fraction of sp³-hybridized carbons (Fsp3) is 0.333. The van der Waals surface area contributed by atoms with E-state index in [-0.39, 0.29) is 0 Å². The van der Waals surface area contributed by atoms with Crippen molar-refractivity contribution in [1.29, 1.82) is 0 Å². The van der Waals surface area contributed by atoms with Crippen molar-refractivity contribution in [2.45, 2.75) is 0 Å². The summed E-state index contributed by atoms with van der Waals surface area (Å²) in [6, 6.07) is 0. The van der Waals surface area contributed by atoms with Gasteiger partial charge < -0.3 is 9.03 Å². The third-order valence-electron chi connectivity index (χ3n) is 0.422. The maximum absolute atomic E-state index is 9.96. The molecule has 0 atom stereocenters. The van der Waals surface area contributed by atoms with E-state index in [9.17, 15) is 9.59 Å². The SMILES string of the molecule is COC(=O)C(=O)OCl. The summed E-state index contributed by atoms with van der Waals surface area (Å²) in [5.41, 5.74) is 0. The molecule has 0 aliphatic carbocycles. The van der Waals surface area contributed by atoms with Crippen molar-refractivity contribution < 1.29 is 18.6 Å². The van der Waals surface area contributed by atoms with E-state index < -0.39 is 11.9 Å². The quantitative estimate of drug-likeness (QED) is 0.345. The number of rotatable bonds is 0. The Labute approximate surface area is 50.5 Å². The summed E-state index contributed by atoms with van der Waals surface area (Å²) in [7, 11) is 1.05. The van der Waals surface area contributed by atoms with Crippen LogP contribution in [-0.4, -0.2) is 19.0 Å². The van der Waals surface area contributed by atoms with Crippen LogP contribution in [0.4, 0.5) is 0 Å². The number of hydrogen-bond donors (Lipinski definition) is 0. The van der Waals surface area contributed by atoms with E-state index in [0.717, 1.165) is 7.11 Å². The van der Waals surface area contributed by atoms with Gasteiger partial charge in [0.1, 0.15) is 11.9 Å². The largest absolute Gasteiger partial charge is 0.461 e. The Kier molecular flexibility index (Phi) is 2.95. The molecule has 0 aromatic rings. The molecule has 0 aliphatic heterocycles. The van der Waals surface area contributed by atoms with Crippen molar-refractivity contribution in [2.24, 2.45) is 0 Å². The number of halogens is 1. The Hall–Kier alpha value is -0.770. The van der Waals surface area contributed by atoms with E-state index in [2.05, 4.69) is 20.9 Å². The molecular formula is C3H3ClO4. The van der Waals surface area contributed by atoms with Gasteiger partial charge in [0.2, 0.25) is 0 Å². The molecule has 0 bridgehead atoms. The van der Waals surface area contributed by atoms with Gasteiger partial charge in [-0.3, -0.25) is 0 Å².